The number of benzene rings is 1. The molecule has 4 heteroatoms. The number of nitrogens with zero attached hydrogens (tertiary/aromatic N) is 1. The molecule has 1 atom stereocenters. The molecule has 1 unspecified atom stereocenters. The number of rotatable bonds is 4. The van der Waals surface area contributed by atoms with Gasteiger partial charge < -0.3 is 5.32 Å². The Morgan fingerprint density at radius 2 is 2.20 bits per heavy atom. The minimum Gasteiger partial charge on any atom is -0.352 e. The van der Waals surface area contributed by atoms with Crippen LogP contribution in [0.2, 0.25) is 0 Å². The van der Waals surface area contributed by atoms with Crippen molar-refractivity contribution in [2.45, 2.75) is 39.3 Å². The second-order valence-corrected chi connectivity index (χ2v) is 5.83. The summed E-state index contributed by atoms with van der Waals surface area (Å²) in [5.41, 5.74) is 0.725. The minimum atomic E-state index is -0.152. The zero-order valence-corrected chi connectivity index (χ0v) is 12.2. The zero-order valence-electron chi connectivity index (χ0n) is 12.2. The van der Waals surface area contributed by atoms with Gasteiger partial charge in [-0.2, -0.15) is 0 Å². The summed E-state index contributed by atoms with van der Waals surface area (Å²) in [5.74, 6) is -0.0412. The number of nitrogens with one attached hydrogen (secondary N) is 1. The van der Waals surface area contributed by atoms with Crippen molar-refractivity contribution < 1.29 is 9.18 Å². The highest BCUT2D eigenvalue weighted by Crippen LogP contribution is 2.16. The predicted octanol–water partition coefficient (Wildman–Crippen LogP) is 2.56. The third kappa shape index (κ3) is 4.04. The van der Waals surface area contributed by atoms with E-state index >= 15 is 0 Å². The van der Waals surface area contributed by atoms with Crippen LogP contribution in [-0.4, -0.2) is 29.9 Å². The van der Waals surface area contributed by atoms with Crippen molar-refractivity contribution in [1.29, 1.82) is 0 Å². The predicted molar refractivity (Wildman–Crippen MR) is 77.7 cm³/mol. The Morgan fingerprint density at radius 3 is 2.90 bits per heavy atom. The van der Waals surface area contributed by atoms with Crippen molar-refractivity contribution >= 4 is 5.91 Å². The Balaban J connectivity index is 1.91. The molecule has 0 spiro atoms. The Morgan fingerprint density at radius 1 is 1.45 bits per heavy atom. The van der Waals surface area contributed by atoms with Crippen molar-refractivity contribution in [1.82, 2.24) is 10.2 Å². The van der Waals surface area contributed by atoms with Crippen LogP contribution < -0.4 is 5.32 Å². The highest BCUT2D eigenvalue weighted by Gasteiger charge is 2.22. The fourth-order valence-corrected chi connectivity index (χ4v) is 2.55. The van der Waals surface area contributed by atoms with E-state index in [4.69, 9.17) is 0 Å². The molecule has 1 fully saturated rings. The molecule has 1 aromatic carbocycles. The molecule has 1 heterocycles. The molecule has 1 aliphatic heterocycles. The van der Waals surface area contributed by atoms with Crippen LogP contribution in [0.25, 0.3) is 0 Å². The Labute approximate surface area is 120 Å². The molecule has 1 aliphatic rings. The van der Waals surface area contributed by atoms with E-state index < -0.39 is 0 Å². The smallest absolute Gasteiger partial charge is 0.222 e. The first kappa shape index (κ1) is 15.0. The lowest BCUT2D eigenvalue weighted by atomic mass is 10.0. The Hall–Kier alpha value is -1.42. The molecule has 1 aromatic rings. The largest absolute Gasteiger partial charge is 0.352 e. The number of hydrogen-bond acceptors (Lipinski definition) is 2. The molecule has 2 rings (SSSR count). The van der Waals surface area contributed by atoms with E-state index in [0.717, 1.165) is 31.5 Å². The first-order valence-electron chi connectivity index (χ1n) is 7.32. The fourth-order valence-electron chi connectivity index (χ4n) is 2.55. The van der Waals surface area contributed by atoms with Gasteiger partial charge in [0.05, 0.1) is 0 Å². The van der Waals surface area contributed by atoms with E-state index in [0.29, 0.717) is 6.54 Å². The first-order valence-corrected chi connectivity index (χ1v) is 7.32. The van der Waals surface area contributed by atoms with E-state index in [2.05, 4.69) is 10.2 Å². The molecule has 20 heavy (non-hydrogen) atoms. The van der Waals surface area contributed by atoms with Crippen molar-refractivity contribution in [2.24, 2.45) is 5.92 Å². The first-order chi connectivity index (χ1) is 9.56. The highest BCUT2D eigenvalue weighted by molar-refractivity contribution is 5.78. The van der Waals surface area contributed by atoms with Crippen LogP contribution >= 0.6 is 0 Å². The van der Waals surface area contributed by atoms with Gasteiger partial charge in [-0.15, -0.1) is 0 Å². The third-order valence-electron chi connectivity index (χ3n) is 3.73. The quantitative estimate of drug-likeness (QED) is 0.918. The van der Waals surface area contributed by atoms with E-state index in [-0.39, 0.29) is 23.7 Å². The van der Waals surface area contributed by atoms with Gasteiger partial charge in [0, 0.05) is 30.6 Å². The van der Waals surface area contributed by atoms with Crippen LogP contribution in [0.3, 0.4) is 0 Å². The second kappa shape index (κ2) is 6.84. The maximum absolute atomic E-state index is 13.7. The minimum absolute atomic E-state index is 0.0111. The average Bonchev–Trinajstić information content (AvgIpc) is 2.42. The SMILES string of the molecule is CC(C)C(=O)NC1CCCN(Cc2ccccc2F)C1. The second-order valence-electron chi connectivity index (χ2n) is 5.83. The van der Waals surface area contributed by atoms with E-state index in [1.54, 1.807) is 6.07 Å². The summed E-state index contributed by atoms with van der Waals surface area (Å²) in [7, 11) is 0. The average molecular weight is 278 g/mol. The van der Waals surface area contributed by atoms with Gasteiger partial charge in [0.1, 0.15) is 5.82 Å². The van der Waals surface area contributed by atoms with E-state index in [1.807, 2.05) is 26.0 Å². The topological polar surface area (TPSA) is 32.3 Å². The van der Waals surface area contributed by atoms with Gasteiger partial charge >= 0.3 is 0 Å². The molecule has 0 aromatic heterocycles. The molecular weight excluding hydrogens is 255 g/mol. The number of hydrogen-bond donors (Lipinski definition) is 1. The van der Waals surface area contributed by atoms with Crippen LogP contribution in [-0.2, 0) is 11.3 Å². The molecule has 0 saturated carbocycles. The van der Waals surface area contributed by atoms with Crippen LogP contribution in [0.4, 0.5) is 4.39 Å². The summed E-state index contributed by atoms with van der Waals surface area (Å²) in [6, 6.07) is 7.08. The lowest BCUT2D eigenvalue weighted by Gasteiger charge is -2.33. The summed E-state index contributed by atoms with van der Waals surface area (Å²) in [6.45, 7) is 6.17. The Bertz CT molecular complexity index is 462. The third-order valence-corrected chi connectivity index (χ3v) is 3.73. The summed E-state index contributed by atoms with van der Waals surface area (Å²) in [6.07, 6.45) is 2.05. The van der Waals surface area contributed by atoms with Gasteiger partial charge in [-0.1, -0.05) is 32.0 Å². The molecule has 1 N–H and O–H groups in total. The van der Waals surface area contributed by atoms with Gasteiger partial charge in [-0.05, 0) is 25.5 Å². The molecule has 0 bridgehead atoms. The molecule has 0 aliphatic carbocycles. The van der Waals surface area contributed by atoms with Crippen molar-refractivity contribution in [3.63, 3.8) is 0 Å². The monoisotopic (exact) mass is 278 g/mol. The lowest BCUT2D eigenvalue weighted by molar-refractivity contribution is -0.125. The fraction of sp³-hybridized carbons (Fsp3) is 0.562. The number of piperidine rings is 1. The molecule has 3 nitrogen and oxygen atoms in total. The van der Waals surface area contributed by atoms with Crippen molar-refractivity contribution in [3.8, 4) is 0 Å². The summed E-state index contributed by atoms with van der Waals surface area (Å²) in [4.78, 5) is 14.0. The number of carbonyl (C=O) groups is 1. The van der Waals surface area contributed by atoms with Gasteiger partial charge in [0.15, 0.2) is 0 Å². The zero-order chi connectivity index (χ0) is 14.5. The van der Waals surface area contributed by atoms with Crippen LogP contribution in [0, 0.1) is 11.7 Å². The van der Waals surface area contributed by atoms with Crippen LogP contribution in [0.1, 0.15) is 32.3 Å². The maximum Gasteiger partial charge on any atom is 0.222 e. The van der Waals surface area contributed by atoms with Crippen LogP contribution in [0.5, 0.6) is 0 Å². The number of likely N-dealkylation sites (tertiary alicyclic amines) is 1. The van der Waals surface area contributed by atoms with Gasteiger partial charge in [-0.3, -0.25) is 9.69 Å². The van der Waals surface area contributed by atoms with E-state index in [1.165, 1.54) is 6.07 Å². The van der Waals surface area contributed by atoms with Gasteiger partial charge in [0.2, 0.25) is 5.91 Å². The van der Waals surface area contributed by atoms with E-state index in [9.17, 15) is 9.18 Å². The molecule has 110 valence electrons. The van der Waals surface area contributed by atoms with Crippen molar-refractivity contribution in [2.75, 3.05) is 13.1 Å². The molecule has 0 radical (unpaired) electrons. The normalized spacial score (nSPS) is 20.1. The van der Waals surface area contributed by atoms with Gasteiger partial charge in [0.25, 0.3) is 0 Å². The van der Waals surface area contributed by atoms with Crippen LogP contribution in [0.15, 0.2) is 24.3 Å². The highest BCUT2D eigenvalue weighted by atomic mass is 19.1. The number of amides is 1. The Kier molecular flexibility index (Phi) is 5.12. The number of carbonyl (C=O) groups excluding carboxylic acids is 1. The molecule has 1 amide bonds. The summed E-state index contributed by atoms with van der Waals surface area (Å²) in [5, 5.41) is 3.07. The molecule has 1 saturated heterocycles. The van der Waals surface area contributed by atoms with Crippen molar-refractivity contribution in [3.05, 3.63) is 35.6 Å². The summed E-state index contributed by atoms with van der Waals surface area (Å²) >= 11 is 0. The summed E-state index contributed by atoms with van der Waals surface area (Å²) < 4.78 is 13.7. The van der Waals surface area contributed by atoms with Gasteiger partial charge in [-0.25, -0.2) is 4.39 Å². The lowest BCUT2D eigenvalue weighted by Crippen LogP contribution is -2.48. The standard InChI is InChI=1S/C16H23FN2O/c1-12(2)16(20)18-14-7-5-9-19(11-14)10-13-6-3-4-8-15(13)17/h3-4,6,8,12,14H,5,7,9-11H2,1-2H3,(H,18,20). The molecular formula is C16H23FN2O. The number of halogens is 1. The maximum atomic E-state index is 13.7.